The molecule has 0 atom stereocenters. The summed E-state index contributed by atoms with van der Waals surface area (Å²) in [6, 6.07) is 0. The molecule has 0 aliphatic rings. The van der Waals surface area contributed by atoms with Gasteiger partial charge in [-0.2, -0.15) is 0 Å². The molecule has 3 heteroatoms. The Morgan fingerprint density at radius 1 is 1.38 bits per heavy atom. The molecule has 0 N–H and O–H groups in total. The fourth-order valence-electron chi connectivity index (χ4n) is 0.0278. The molecule has 0 rings (SSSR count). The summed E-state index contributed by atoms with van der Waals surface area (Å²) in [5, 5.41) is 0. The van der Waals surface area contributed by atoms with E-state index in [9.17, 15) is 9.59 Å². The summed E-state index contributed by atoms with van der Waals surface area (Å²) in [5.41, 5.74) is -1.03. The molecule has 0 saturated carbocycles. The molecule has 0 aliphatic carbocycles. The average Bonchev–Trinajstić information content (AvgIpc) is 1.68. The topological polar surface area (TPSA) is 34.1 Å². The number of hydrogen-bond acceptors (Lipinski definition) is 2. The monoisotopic (exact) mass is 188 g/mol. The fraction of sp³-hybridized carbons (Fsp3) is 0.400. The van der Waals surface area contributed by atoms with E-state index in [1.54, 1.807) is 0 Å². The molecule has 0 fully saturated rings. The van der Waals surface area contributed by atoms with Crippen LogP contribution >= 0.6 is 0 Å². The molecular weight excluding hydrogens is 181 g/mol. The van der Waals surface area contributed by atoms with Gasteiger partial charge >= 0.3 is 0 Å². The molecule has 1 radical (unpaired) electrons. The van der Waals surface area contributed by atoms with E-state index < -0.39 is 5.41 Å². The second-order valence-corrected chi connectivity index (χ2v) is 1.74. The van der Waals surface area contributed by atoms with Crippen molar-refractivity contribution in [1.82, 2.24) is 0 Å². The van der Waals surface area contributed by atoms with E-state index in [1.807, 2.05) is 0 Å². The van der Waals surface area contributed by atoms with Crippen LogP contribution in [0.25, 0.3) is 0 Å². The molecule has 0 aromatic carbocycles. The van der Waals surface area contributed by atoms with Crippen molar-refractivity contribution in [1.29, 1.82) is 0 Å². The van der Waals surface area contributed by atoms with Crippen LogP contribution in [-0.4, -0.2) is 12.6 Å². The van der Waals surface area contributed by atoms with Crippen molar-refractivity contribution in [2.24, 2.45) is 5.41 Å². The molecule has 0 aliphatic heterocycles. The minimum atomic E-state index is -1.03. The predicted octanol–water partition coefficient (Wildman–Crippen LogP) is 0.222. The summed E-state index contributed by atoms with van der Waals surface area (Å²) in [6.45, 7) is 4.72. The van der Waals surface area contributed by atoms with Crippen molar-refractivity contribution in [3.05, 3.63) is 6.92 Å². The molecule has 0 aromatic heterocycles. The van der Waals surface area contributed by atoms with E-state index in [2.05, 4.69) is 6.92 Å². The molecular formula is C5H7O2Y-. The van der Waals surface area contributed by atoms with Gasteiger partial charge in [0, 0.05) is 32.7 Å². The van der Waals surface area contributed by atoms with Crippen LogP contribution < -0.4 is 0 Å². The van der Waals surface area contributed by atoms with E-state index in [0.717, 1.165) is 0 Å². The maximum absolute atomic E-state index is 9.76. The van der Waals surface area contributed by atoms with Crippen molar-refractivity contribution in [3.63, 3.8) is 0 Å². The van der Waals surface area contributed by atoms with Crippen molar-refractivity contribution in [3.8, 4) is 0 Å². The molecule has 0 bridgehead atoms. The Balaban J connectivity index is 0. The molecule has 0 unspecified atom stereocenters. The molecule has 0 aromatic rings. The molecule has 0 saturated heterocycles. The summed E-state index contributed by atoms with van der Waals surface area (Å²) in [7, 11) is 0. The third kappa shape index (κ3) is 4.60. The van der Waals surface area contributed by atoms with Crippen LogP contribution in [0.15, 0.2) is 0 Å². The zero-order valence-electron chi connectivity index (χ0n) is 4.76. The minimum Gasteiger partial charge on any atom is -0.324 e. The second-order valence-electron chi connectivity index (χ2n) is 1.74. The van der Waals surface area contributed by atoms with Gasteiger partial charge in [-0.25, -0.2) is 0 Å². The molecule has 0 amide bonds. The normalized spacial score (nSPS) is 9.25. The standard InChI is InChI=1S/C5H7O2.Y/c1-5(2,3-6)4-7;/h3-4H,1H2,2H3;/q-1;. The summed E-state index contributed by atoms with van der Waals surface area (Å²) >= 11 is 0. The quantitative estimate of drug-likeness (QED) is 0.353. The van der Waals surface area contributed by atoms with Gasteiger partial charge in [-0.1, -0.05) is 6.92 Å². The van der Waals surface area contributed by atoms with Crippen molar-refractivity contribution < 1.29 is 42.3 Å². The minimum absolute atomic E-state index is 0. The number of carbonyl (C=O) groups excluding carboxylic acids is 2. The fourth-order valence-corrected chi connectivity index (χ4v) is 0.0278. The largest absolute Gasteiger partial charge is 0.324 e. The van der Waals surface area contributed by atoms with Gasteiger partial charge in [0.25, 0.3) is 0 Å². The Morgan fingerprint density at radius 3 is 1.62 bits per heavy atom. The molecule has 8 heavy (non-hydrogen) atoms. The Hall–Kier alpha value is 0.444. The van der Waals surface area contributed by atoms with Crippen LogP contribution in [0, 0.1) is 12.3 Å². The number of carbonyl (C=O) groups is 2. The first-order valence-electron chi connectivity index (χ1n) is 1.90. The number of rotatable bonds is 2. The van der Waals surface area contributed by atoms with Crippen LogP contribution in [0.1, 0.15) is 6.92 Å². The first-order chi connectivity index (χ1) is 3.12. The Kier molecular flexibility index (Phi) is 6.11. The molecule has 0 spiro atoms. The van der Waals surface area contributed by atoms with Gasteiger partial charge in [0.15, 0.2) is 0 Å². The smallest absolute Gasteiger partial charge is 0.102 e. The van der Waals surface area contributed by atoms with E-state index in [1.165, 1.54) is 6.92 Å². The SMILES string of the molecule is [CH2-]C(C)(C=O)C=O.[Y]. The Labute approximate surface area is 73.9 Å². The van der Waals surface area contributed by atoms with E-state index in [-0.39, 0.29) is 32.7 Å². The van der Waals surface area contributed by atoms with Gasteiger partial charge in [-0.05, 0) is 5.41 Å². The van der Waals surface area contributed by atoms with Gasteiger partial charge in [0.2, 0.25) is 0 Å². The van der Waals surface area contributed by atoms with E-state index in [4.69, 9.17) is 0 Å². The maximum atomic E-state index is 9.76. The van der Waals surface area contributed by atoms with Crippen molar-refractivity contribution >= 4 is 12.6 Å². The van der Waals surface area contributed by atoms with Gasteiger partial charge < -0.3 is 16.5 Å². The Morgan fingerprint density at radius 2 is 1.62 bits per heavy atom. The maximum Gasteiger partial charge on any atom is 0.102 e. The third-order valence-corrected chi connectivity index (χ3v) is 0.538. The van der Waals surface area contributed by atoms with E-state index in [0.29, 0.717) is 12.6 Å². The zero-order chi connectivity index (χ0) is 5.91. The van der Waals surface area contributed by atoms with Gasteiger partial charge in [0.05, 0.1) is 0 Å². The summed E-state index contributed by atoms with van der Waals surface area (Å²) in [4.78, 5) is 19.5. The predicted molar refractivity (Wildman–Crippen MR) is 25.6 cm³/mol. The van der Waals surface area contributed by atoms with Crippen molar-refractivity contribution in [2.45, 2.75) is 6.92 Å². The summed E-state index contributed by atoms with van der Waals surface area (Å²) in [6.07, 6.45) is 1.03. The number of aldehydes is 2. The number of hydrogen-bond donors (Lipinski definition) is 0. The van der Waals surface area contributed by atoms with E-state index >= 15 is 0 Å². The first-order valence-corrected chi connectivity index (χ1v) is 1.90. The van der Waals surface area contributed by atoms with Crippen LogP contribution in [0.2, 0.25) is 0 Å². The first kappa shape index (κ1) is 11.3. The Bertz CT molecular complexity index is 78.4. The molecule has 0 heterocycles. The summed E-state index contributed by atoms with van der Waals surface area (Å²) in [5.74, 6) is 0. The van der Waals surface area contributed by atoms with Crippen LogP contribution in [-0.2, 0) is 42.3 Å². The van der Waals surface area contributed by atoms with Gasteiger partial charge in [-0.3, -0.25) is 0 Å². The van der Waals surface area contributed by atoms with Crippen molar-refractivity contribution in [2.75, 3.05) is 0 Å². The van der Waals surface area contributed by atoms with Crippen LogP contribution in [0.3, 0.4) is 0 Å². The van der Waals surface area contributed by atoms with Crippen LogP contribution in [0.5, 0.6) is 0 Å². The zero-order valence-corrected chi connectivity index (χ0v) is 7.59. The van der Waals surface area contributed by atoms with Gasteiger partial charge in [-0.15, -0.1) is 0 Å². The third-order valence-electron chi connectivity index (χ3n) is 0.538. The molecule has 2 nitrogen and oxygen atoms in total. The second kappa shape index (κ2) is 4.34. The average molecular weight is 188 g/mol. The summed E-state index contributed by atoms with van der Waals surface area (Å²) < 4.78 is 0. The van der Waals surface area contributed by atoms with Gasteiger partial charge in [0.1, 0.15) is 12.6 Å². The van der Waals surface area contributed by atoms with Crippen LogP contribution in [0.4, 0.5) is 0 Å². The molecule has 43 valence electrons.